The summed E-state index contributed by atoms with van der Waals surface area (Å²) in [4.78, 5) is 72.7. The first-order chi connectivity index (χ1) is 45.7. The average molecular weight is 1370 g/mol. The number of esters is 4. The van der Waals surface area contributed by atoms with Crippen molar-refractivity contribution in [3.63, 3.8) is 0 Å². The fourth-order valence-corrected chi connectivity index (χ4v) is 12.0. The summed E-state index contributed by atoms with van der Waals surface area (Å²) in [6, 6.07) is 0. The number of phosphoric ester groups is 2. The van der Waals surface area contributed by atoms with Crippen LogP contribution in [0.5, 0.6) is 0 Å². The third-order valence-electron chi connectivity index (χ3n) is 16.3. The number of ether oxygens (including phenoxy) is 4. The molecule has 0 aromatic carbocycles. The summed E-state index contributed by atoms with van der Waals surface area (Å²) >= 11 is 0. The second-order valence-corrected chi connectivity index (χ2v) is 28.5. The monoisotopic (exact) mass is 1370 g/mol. The number of hydrogen-bond donors (Lipinski definition) is 3. The summed E-state index contributed by atoms with van der Waals surface area (Å²) in [5.74, 6) is -2.18. The first-order valence-corrected chi connectivity index (χ1v) is 40.9. The van der Waals surface area contributed by atoms with Gasteiger partial charge in [0.1, 0.15) is 19.3 Å². The molecule has 17 nitrogen and oxygen atoms in total. The van der Waals surface area contributed by atoms with Crippen molar-refractivity contribution in [2.75, 3.05) is 39.6 Å². The number of aliphatic hydroxyl groups is 1. The lowest BCUT2D eigenvalue weighted by Gasteiger charge is -2.21. The van der Waals surface area contributed by atoms with Crippen LogP contribution in [0.15, 0.2) is 48.6 Å². The maximum absolute atomic E-state index is 13.0. The van der Waals surface area contributed by atoms with Crippen LogP contribution in [0.3, 0.4) is 0 Å². The van der Waals surface area contributed by atoms with Gasteiger partial charge in [-0.15, -0.1) is 0 Å². The maximum atomic E-state index is 13.0. The predicted molar refractivity (Wildman–Crippen MR) is 381 cm³/mol. The molecule has 0 aromatic heterocycles. The number of carbonyl (C=O) groups is 4. The van der Waals surface area contributed by atoms with E-state index < -0.39 is 97.5 Å². The van der Waals surface area contributed by atoms with E-state index in [9.17, 15) is 43.2 Å². The van der Waals surface area contributed by atoms with Crippen molar-refractivity contribution < 1.29 is 80.2 Å². The van der Waals surface area contributed by atoms with Gasteiger partial charge in [0.15, 0.2) is 12.2 Å². The molecule has 0 aliphatic rings. The van der Waals surface area contributed by atoms with Gasteiger partial charge in [-0.25, -0.2) is 9.13 Å². The molecule has 0 amide bonds. The van der Waals surface area contributed by atoms with E-state index in [2.05, 4.69) is 76.3 Å². The van der Waals surface area contributed by atoms with E-state index in [1.54, 1.807) is 0 Å². The second-order valence-electron chi connectivity index (χ2n) is 25.6. The molecule has 0 spiro atoms. The van der Waals surface area contributed by atoms with Crippen LogP contribution < -0.4 is 0 Å². The molecule has 0 aromatic rings. The van der Waals surface area contributed by atoms with Gasteiger partial charge in [-0.3, -0.25) is 37.3 Å². The Morgan fingerprint density at radius 2 is 0.521 bits per heavy atom. The molecular formula is C75H138O17P2. The van der Waals surface area contributed by atoms with Gasteiger partial charge in [0.05, 0.1) is 26.4 Å². The molecule has 550 valence electrons. The fourth-order valence-electron chi connectivity index (χ4n) is 10.4. The number of allylic oxidation sites excluding steroid dienone is 8. The van der Waals surface area contributed by atoms with Crippen molar-refractivity contribution in [1.82, 2.24) is 0 Å². The minimum absolute atomic E-state index is 0.0882. The van der Waals surface area contributed by atoms with Gasteiger partial charge in [0.25, 0.3) is 0 Å². The van der Waals surface area contributed by atoms with E-state index >= 15 is 0 Å². The molecule has 0 rings (SSSR count). The van der Waals surface area contributed by atoms with Crippen LogP contribution in [0.2, 0.25) is 0 Å². The molecule has 0 saturated carbocycles. The van der Waals surface area contributed by atoms with E-state index in [0.29, 0.717) is 25.7 Å². The van der Waals surface area contributed by atoms with Crippen molar-refractivity contribution >= 4 is 39.5 Å². The number of unbranched alkanes of at least 4 members (excludes halogenated alkanes) is 38. The van der Waals surface area contributed by atoms with E-state index in [1.807, 2.05) is 0 Å². The van der Waals surface area contributed by atoms with E-state index in [1.165, 1.54) is 122 Å². The first kappa shape index (κ1) is 91.0. The summed E-state index contributed by atoms with van der Waals surface area (Å²) in [6.07, 6.45) is 63.9. The highest BCUT2D eigenvalue weighted by Crippen LogP contribution is 2.45. The number of rotatable bonds is 72. The highest BCUT2D eigenvalue weighted by molar-refractivity contribution is 7.47. The lowest BCUT2D eigenvalue weighted by molar-refractivity contribution is -0.161. The Labute approximate surface area is 572 Å². The lowest BCUT2D eigenvalue weighted by Crippen LogP contribution is -2.30. The molecule has 5 unspecified atom stereocenters. The van der Waals surface area contributed by atoms with Gasteiger partial charge in [-0.1, -0.05) is 263 Å². The van der Waals surface area contributed by atoms with Gasteiger partial charge in [-0.05, 0) is 109 Å². The topological polar surface area (TPSA) is 237 Å². The molecule has 94 heavy (non-hydrogen) atoms. The molecule has 0 aliphatic heterocycles. The highest BCUT2D eigenvalue weighted by Gasteiger charge is 2.30. The lowest BCUT2D eigenvalue weighted by atomic mass is 10.1. The smallest absolute Gasteiger partial charge is 0.462 e. The normalized spacial score (nSPS) is 14.2. The largest absolute Gasteiger partial charge is 0.472 e. The van der Waals surface area contributed by atoms with Crippen LogP contribution >= 0.6 is 15.6 Å². The third-order valence-corrected chi connectivity index (χ3v) is 18.2. The first-order valence-electron chi connectivity index (χ1n) is 37.9. The number of phosphoric acid groups is 2. The van der Waals surface area contributed by atoms with Crippen LogP contribution in [0.25, 0.3) is 0 Å². The van der Waals surface area contributed by atoms with Crippen LogP contribution in [-0.2, 0) is 65.4 Å². The molecule has 0 bridgehead atoms. The van der Waals surface area contributed by atoms with Crippen LogP contribution in [-0.4, -0.2) is 96.7 Å². The Balaban J connectivity index is 5.30. The van der Waals surface area contributed by atoms with Crippen molar-refractivity contribution in [2.24, 2.45) is 0 Å². The molecule has 19 heteroatoms. The van der Waals surface area contributed by atoms with Gasteiger partial charge < -0.3 is 33.8 Å². The molecule has 3 N–H and O–H groups in total. The van der Waals surface area contributed by atoms with Gasteiger partial charge in [0.2, 0.25) is 0 Å². The summed E-state index contributed by atoms with van der Waals surface area (Å²) in [6.45, 7) is 4.83. The Kier molecular flexibility index (Phi) is 66.4. The molecular weight excluding hydrogens is 1230 g/mol. The molecule has 0 aliphatic carbocycles. The Morgan fingerprint density at radius 3 is 0.830 bits per heavy atom. The summed E-state index contributed by atoms with van der Waals surface area (Å²) in [5, 5.41) is 10.6. The third kappa shape index (κ3) is 67.6. The Hall–Kier alpha value is -2.98. The SMILES string of the molecule is CCCCC/C=C\C/C=C\CCCCCCCC(=O)OCC(COP(=O)(O)OCC(O)COP(=O)(O)OCC(COC(=O)CCCCCCC/C=C\CCCCCCCC)OC(=O)CCCCCCC/C=C\CCCCCC)OC(=O)CCCCCCCCCCCCC. The van der Waals surface area contributed by atoms with E-state index in [4.69, 9.17) is 37.0 Å². The summed E-state index contributed by atoms with van der Waals surface area (Å²) < 4.78 is 68.4. The van der Waals surface area contributed by atoms with Gasteiger partial charge >= 0.3 is 39.5 Å². The van der Waals surface area contributed by atoms with E-state index in [-0.39, 0.29) is 25.7 Å². The predicted octanol–water partition coefficient (Wildman–Crippen LogP) is 21.3. The summed E-state index contributed by atoms with van der Waals surface area (Å²) in [7, 11) is -9.93. The zero-order valence-corrected chi connectivity index (χ0v) is 61.7. The van der Waals surface area contributed by atoms with E-state index in [0.717, 1.165) is 148 Å². The zero-order chi connectivity index (χ0) is 69.0. The molecule has 0 heterocycles. The van der Waals surface area contributed by atoms with Crippen molar-refractivity contribution in [1.29, 1.82) is 0 Å². The maximum Gasteiger partial charge on any atom is 0.472 e. The quantitative estimate of drug-likeness (QED) is 0.0169. The van der Waals surface area contributed by atoms with Crippen molar-refractivity contribution in [3.05, 3.63) is 48.6 Å². The standard InChI is InChI=1S/C75H138O17P2/c1-5-9-13-17-21-25-29-32-34-37-40-43-47-51-55-59-72(77)85-65-70(91-74(79)61-57-53-49-45-39-28-24-20-16-12-8-4)67-89-93(81,82)87-63-69(76)64-88-94(83,84)90-68-71(92-75(80)62-58-54-50-46-42-36-31-27-23-19-15-11-7-3)66-86-73(78)60-56-52-48-44-41-38-35-33-30-26-22-18-14-10-6-2/h21,25,27,31-35,69-71,76H,5-20,22-24,26,28-30,36-68H2,1-4H3,(H,81,82)(H,83,84)/b25-21-,31-27-,34-32-,35-33-. The second kappa shape index (κ2) is 68.5. The minimum Gasteiger partial charge on any atom is -0.462 e. The zero-order valence-electron chi connectivity index (χ0n) is 59.9. The summed E-state index contributed by atoms with van der Waals surface area (Å²) in [5.41, 5.74) is 0. The van der Waals surface area contributed by atoms with Gasteiger partial charge in [-0.2, -0.15) is 0 Å². The number of hydrogen-bond acceptors (Lipinski definition) is 15. The number of aliphatic hydroxyl groups excluding tert-OH is 1. The van der Waals surface area contributed by atoms with Crippen molar-refractivity contribution in [2.45, 2.75) is 367 Å². The Bertz CT molecular complexity index is 1980. The number of carbonyl (C=O) groups excluding carboxylic acids is 4. The van der Waals surface area contributed by atoms with Crippen LogP contribution in [0.1, 0.15) is 349 Å². The average Bonchev–Trinajstić information content (AvgIpc) is 1.35. The molecule has 0 radical (unpaired) electrons. The van der Waals surface area contributed by atoms with Crippen LogP contribution in [0.4, 0.5) is 0 Å². The highest BCUT2D eigenvalue weighted by atomic mass is 31.2. The fraction of sp³-hybridized carbons (Fsp3) is 0.840. The molecule has 0 fully saturated rings. The minimum atomic E-state index is -4.97. The van der Waals surface area contributed by atoms with Gasteiger partial charge in [0, 0.05) is 25.7 Å². The molecule has 0 saturated heterocycles. The Morgan fingerprint density at radius 1 is 0.298 bits per heavy atom. The molecule has 5 atom stereocenters. The van der Waals surface area contributed by atoms with Crippen molar-refractivity contribution in [3.8, 4) is 0 Å². The van der Waals surface area contributed by atoms with Crippen LogP contribution in [0, 0.1) is 0 Å².